The number of nitriles is 1. The number of hydrogen-bond donors (Lipinski definition) is 2. The molecule has 0 aliphatic rings. The van der Waals surface area contributed by atoms with E-state index < -0.39 is 11.8 Å². The van der Waals surface area contributed by atoms with Gasteiger partial charge in [-0.15, -0.1) is 0 Å². The number of aliphatic hydroxyl groups excluding tert-OH is 1. The van der Waals surface area contributed by atoms with Crippen LogP contribution in [-0.2, 0) is 30.8 Å². The molecule has 3 N–H and O–H groups in total. The van der Waals surface area contributed by atoms with Crippen LogP contribution in [0.4, 0.5) is 0 Å². The summed E-state index contributed by atoms with van der Waals surface area (Å²) in [4.78, 5) is 16.0. The Morgan fingerprint density at radius 3 is 2.59 bits per heavy atom. The van der Waals surface area contributed by atoms with Crippen LogP contribution in [0, 0.1) is 17.2 Å². The average Bonchev–Trinajstić information content (AvgIpc) is 3.10. The Morgan fingerprint density at radius 1 is 1.25 bits per heavy atom. The minimum Gasteiger partial charge on any atom is -0.390 e. The number of primary amides is 1. The molecule has 1 aromatic heterocycles. The van der Waals surface area contributed by atoms with Crippen molar-refractivity contribution in [1.82, 2.24) is 9.55 Å². The molecule has 0 bridgehead atoms. The Morgan fingerprint density at radius 2 is 1.97 bits per heavy atom. The number of aliphatic hydroxyl groups is 1. The quantitative estimate of drug-likeness (QED) is 0.481. The molecule has 0 radical (unpaired) electrons. The summed E-state index contributed by atoms with van der Waals surface area (Å²) >= 11 is 6.25. The van der Waals surface area contributed by atoms with E-state index in [9.17, 15) is 15.2 Å². The molecule has 2 aromatic carbocycles. The van der Waals surface area contributed by atoms with Gasteiger partial charge in [0.1, 0.15) is 11.7 Å². The van der Waals surface area contributed by atoms with Gasteiger partial charge in [-0.3, -0.25) is 4.79 Å². The van der Waals surface area contributed by atoms with Crippen LogP contribution in [0.15, 0.2) is 48.5 Å². The van der Waals surface area contributed by atoms with E-state index in [1.807, 2.05) is 59.2 Å². The van der Waals surface area contributed by atoms with E-state index in [0.29, 0.717) is 17.4 Å². The van der Waals surface area contributed by atoms with Crippen LogP contribution in [0.3, 0.4) is 0 Å². The Kier molecular flexibility index (Phi) is 8.04. The van der Waals surface area contributed by atoms with Gasteiger partial charge in [-0.1, -0.05) is 73.5 Å². The number of carbonyl (C=O) groups is 1. The third-order valence-electron chi connectivity index (χ3n) is 5.55. The third-order valence-corrected chi connectivity index (χ3v) is 5.86. The standard InChI is InChI=1S/C25H27ClN4O2/c1-2-3-8-23-29-24(26)22(16-31)30(23)15-17-9-11-18(12-10-17)21-7-5-4-6-19(21)13-20(14-27)25(28)32/h4-7,9-12,20,31H,2-3,8,13,15-16H2,1H3,(H2,28,32). The number of aryl methyl sites for hydroxylation is 1. The SMILES string of the molecule is CCCCc1nc(Cl)c(CO)n1Cc1ccc(-c2ccccc2CC(C#N)C(N)=O)cc1. The number of aromatic nitrogens is 2. The highest BCUT2D eigenvalue weighted by Gasteiger charge is 2.18. The zero-order valence-electron chi connectivity index (χ0n) is 18.1. The number of unbranched alkanes of at least 4 members (excludes halogenated alkanes) is 1. The molecule has 0 saturated carbocycles. The van der Waals surface area contributed by atoms with Gasteiger partial charge in [-0.2, -0.15) is 5.26 Å². The molecule has 166 valence electrons. The van der Waals surface area contributed by atoms with E-state index in [2.05, 4.69) is 11.9 Å². The summed E-state index contributed by atoms with van der Waals surface area (Å²) in [6, 6.07) is 17.8. The second-order valence-electron chi connectivity index (χ2n) is 7.76. The smallest absolute Gasteiger partial charge is 0.235 e. The lowest BCUT2D eigenvalue weighted by molar-refractivity contribution is -0.120. The van der Waals surface area contributed by atoms with Crippen molar-refractivity contribution >= 4 is 17.5 Å². The molecule has 1 heterocycles. The van der Waals surface area contributed by atoms with Crippen LogP contribution in [0.25, 0.3) is 11.1 Å². The molecule has 0 saturated heterocycles. The minimum absolute atomic E-state index is 0.163. The summed E-state index contributed by atoms with van der Waals surface area (Å²) in [5.41, 5.74) is 9.88. The molecule has 32 heavy (non-hydrogen) atoms. The lowest BCUT2D eigenvalue weighted by Gasteiger charge is -2.14. The highest BCUT2D eigenvalue weighted by Crippen LogP contribution is 2.27. The number of hydrogen-bond acceptors (Lipinski definition) is 4. The summed E-state index contributed by atoms with van der Waals surface area (Å²) in [6.07, 6.45) is 3.14. The van der Waals surface area contributed by atoms with E-state index in [1.165, 1.54) is 0 Å². The maximum absolute atomic E-state index is 11.5. The van der Waals surface area contributed by atoms with Gasteiger partial charge in [0.05, 0.1) is 18.4 Å². The maximum Gasteiger partial charge on any atom is 0.235 e. The van der Waals surface area contributed by atoms with E-state index in [1.54, 1.807) is 0 Å². The summed E-state index contributed by atoms with van der Waals surface area (Å²) < 4.78 is 1.99. The van der Waals surface area contributed by atoms with Gasteiger partial charge in [-0.05, 0) is 35.1 Å². The van der Waals surface area contributed by atoms with Gasteiger partial charge >= 0.3 is 0 Å². The van der Waals surface area contributed by atoms with Crippen molar-refractivity contribution in [3.8, 4) is 17.2 Å². The molecular formula is C25H27ClN4O2. The lowest BCUT2D eigenvalue weighted by Crippen LogP contribution is -2.23. The van der Waals surface area contributed by atoms with Crippen LogP contribution < -0.4 is 5.73 Å². The molecule has 1 atom stereocenters. The second-order valence-corrected chi connectivity index (χ2v) is 8.11. The first kappa shape index (κ1) is 23.5. The molecule has 3 rings (SSSR count). The first-order valence-electron chi connectivity index (χ1n) is 10.7. The molecule has 1 unspecified atom stereocenters. The number of nitrogens with zero attached hydrogens (tertiary/aromatic N) is 3. The molecule has 0 aliphatic heterocycles. The predicted octanol–water partition coefficient (Wildman–Crippen LogP) is 4.25. The van der Waals surface area contributed by atoms with Crippen molar-refractivity contribution in [3.05, 3.63) is 76.3 Å². The summed E-state index contributed by atoms with van der Waals surface area (Å²) in [5.74, 6) is -0.598. The monoisotopic (exact) mass is 450 g/mol. The zero-order valence-corrected chi connectivity index (χ0v) is 18.8. The maximum atomic E-state index is 11.5. The molecule has 3 aromatic rings. The number of nitrogens with two attached hydrogens (primary N) is 1. The van der Waals surface area contributed by atoms with Crippen molar-refractivity contribution in [2.45, 2.75) is 45.8 Å². The highest BCUT2D eigenvalue weighted by atomic mass is 35.5. The lowest BCUT2D eigenvalue weighted by atomic mass is 9.92. The predicted molar refractivity (Wildman–Crippen MR) is 125 cm³/mol. The molecule has 0 spiro atoms. The Bertz CT molecular complexity index is 1120. The largest absolute Gasteiger partial charge is 0.390 e. The van der Waals surface area contributed by atoms with Crippen LogP contribution >= 0.6 is 11.6 Å². The topological polar surface area (TPSA) is 105 Å². The first-order chi connectivity index (χ1) is 15.5. The summed E-state index contributed by atoms with van der Waals surface area (Å²) in [5, 5.41) is 19.4. The van der Waals surface area contributed by atoms with Gasteiger partial charge in [0, 0.05) is 13.0 Å². The van der Waals surface area contributed by atoms with E-state index in [4.69, 9.17) is 17.3 Å². The van der Waals surface area contributed by atoms with Crippen LogP contribution in [-0.4, -0.2) is 20.6 Å². The molecular weight excluding hydrogens is 424 g/mol. The number of rotatable bonds is 10. The Balaban J connectivity index is 1.86. The fourth-order valence-corrected chi connectivity index (χ4v) is 4.01. The van der Waals surface area contributed by atoms with Crippen LogP contribution in [0.5, 0.6) is 0 Å². The van der Waals surface area contributed by atoms with E-state index in [0.717, 1.165) is 47.3 Å². The summed E-state index contributed by atoms with van der Waals surface area (Å²) in [7, 11) is 0. The highest BCUT2D eigenvalue weighted by molar-refractivity contribution is 6.30. The van der Waals surface area contributed by atoms with Gasteiger partial charge in [0.25, 0.3) is 0 Å². The van der Waals surface area contributed by atoms with Crippen LogP contribution in [0.1, 0.15) is 42.4 Å². The number of amides is 1. The van der Waals surface area contributed by atoms with Crippen molar-refractivity contribution in [3.63, 3.8) is 0 Å². The third kappa shape index (κ3) is 5.37. The van der Waals surface area contributed by atoms with Crippen molar-refractivity contribution in [1.29, 1.82) is 5.26 Å². The molecule has 1 amide bonds. The average molecular weight is 451 g/mol. The van der Waals surface area contributed by atoms with E-state index >= 15 is 0 Å². The number of benzene rings is 2. The molecule has 7 heteroatoms. The molecule has 0 aliphatic carbocycles. The van der Waals surface area contributed by atoms with Crippen molar-refractivity contribution in [2.75, 3.05) is 0 Å². The van der Waals surface area contributed by atoms with Crippen molar-refractivity contribution in [2.24, 2.45) is 11.7 Å². The van der Waals surface area contributed by atoms with Gasteiger partial charge in [-0.25, -0.2) is 4.98 Å². The fourth-order valence-electron chi connectivity index (χ4n) is 3.75. The molecule has 6 nitrogen and oxygen atoms in total. The van der Waals surface area contributed by atoms with Crippen molar-refractivity contribution < 1.29 is 9.90 Å². The second kappa shape index (κ2) is 10.9. The Hall–Kier alpha value is -3.14. The Labute approximate surface area is 193 Å². The van der Waals surface area contributed by atoms with Crippen LogP contribution in [0.2, 0.25) is 5.15 Å². The van der Waals surface area contributed by atoms with E-state index in [-0.39, 0.29) is 13.0 Å². The van der Waals surface area contributed by atoms with Gasteiger partial charge in [0.2, 0.25) is 5.91 Å². The van der Waals surface area contributed by atoms with Gasteiger partial charge < -0.3 is 15.4 Å². The normalized spacial score (nSPS) is 11.8. The number of halogens is 1. The minimum atomic E-state index is -0.861. The molecule has 0 fully saturated rings. The summed E-state index contributed by atoms with van der Waals surface area (Å²) in [6.45, 7) is 2.53. The number of carbonyl (C=O) groups excluding carboxylic acids is 1. The first-order valence-corrected chi connectivity index (χ1v) is 11.1. The van der Waals surface area contributed by atoms with Gasteiger partial charge in [0.15, 0.2) is 5.15 Å². The fraction of sp³-hybridized carbons (Fsp3) is 0.320. The zero-order chi connectivity index (χ0) is 23.1. The number of imidazole rings is 1.